The third-order valence-corrected chi connectivity index (χ3v) is 5.05. The van der Waals surface area contributed by atoms with Crippen LogP contribution in [0, 0.1) is 17.1 Å². The number of aromatic nitrogens is 1. The number of benzene rings is 1. The van der Waals surface area contributed by atoms with E-state index in [4.69, 9.17) is 10.00 Å². The van der Waals surface area contributed by atoms with Gasteiger partial charge in [0.15, 0.2) is 0 Å². The van der Waals surface area contributed by atoms with Crippen molar-refractivity contribution < 1.29 is 27.1 Å². The fourth-order valence-corrected chi connectivity index (χ4v) is 3.41. The standard InChI is InChI=1S/C24H22F4N4O2/c1-3-34-19-6-17(11-30-13-19)15-4-5-16(21(25)7-15)8-22(33)32-18-9-20(24(26,27)28)23(31-12-18)14(2)10-29/h4-7,9,12-14,30H,3,8,11H2,1-2H3,(H,32,33). The first-order valence-corrected chi connectivity index (χ1v) is 10.4. The molecule has 1 aliphatic rings. The summed E-state index contributed by atoms with van der Waals surface area (Å²) in [6.07, 6.45) is -0.582. The summed E-state index contributed by atoms with van der Waals surface area (Å²) in [5.41, 5.74) is -0.228. The maximum absolute atomic E-state index is 14.7. The molecule has 0 bridgehead atoms. The summed E-state index contributed by atoms with van der Waals surface area (Å²) in [7, 11) is 0. The zero-order valence-electron chi connectivity index (χ0n) is 18.5. The topological polar surface area (TPSA) is 87.0 Å². The minimum Gasteiger partial charge on any atom is -0.492 e. The van der Waals surface area contributed by atoms with Gasteiger partial charge in [0, 0.05) is 12.7 Å². The molecule has 3 rings (SSSR count). The van der Waals surface area contributed by atoms with Crippen LogP contribution in [0.2, 0.25) is 0 Å². The van der Waals surface area contributed by atoms with Gasteiger partial charge in [-0.2, -0.15) is 18.4 Å². The smallest absolute Gasteiger partial charge is 0.418 e. The quantitative estimate of drug-likeness (QED) is 0.557. The number of nitrogens with zero attached hydrogens (tertiary/aromatic N) is 2. The maximum Gasteiger partial charge on any atom is 0.418 e. The van der Waals surface area contributed by atoms with Crippen molar-refractivity contribution in [2.24, 2.45) is 0 Å². The van der Waals surface area contributed by atoms with Crippen LogP contribution in [-0.4, -0.2) is 24.0 Å². The van der Waals surface area contributed by atoms with E-state index in [1.165, 1.54) is 19.1 Å². The van der Waals surface area contributed by atoms with E-state index in [1.807, 2.05) is 6.92 Å². The van der Waals surface area contributed by atoms with Gasteiger partial charge in [-0.1, -0.05) is 12.1 Å². The van der Waals surface area contributed by atoms with Crippen LogP contribution >= 0.6 is 0 Å². The summed E-state index contributed by atoms with van der Waals surface area (Å²) >= 11 is 0. The summed E-state index contributed by atoms with van der Waals surface area (Å²) in [4.78, 5) is 16.1. The highest BCUT2D eigenvalue weighted by Gasteiger charge is 2.36. The number of nitriles is 1. The summed E-state index contributed by atoms with van der Waals surface area (Å²) in [6, 6.07) is 6.86. The van der Waals surface area contributed by atoms with E-state index in [0.29, 0.717) is 24.5 Å². The predicted octanol–water partition coefficient (Wildman–Crippen LogP) is 4.91. The van der Waals surface area contributed by atoms with Crippen molar-refractivity contribution >= 4 is 17.2 Å². The van der Waals surface area contributed by atoms with Crippen molar-refractivity contribution in [3.8, 4) is 6.07 Å². The second kappa shape index (κ2) is 10.4. The van der Waals surface area contributed by atoms with Gasteiger partial charge in [-0.15, -0.1) is 0 Å². The number of anilines is 1. The van der Waals surface area contributed by atoms with Gasteiger partial charge in [0.25, 0.3) is 0 Å². The minimum absolute atomic E-state index is 0.0879. The molecule has 2 aromatic rings. The fourth-order valence-electron chi connectivity index (χ4n) is 3.41. The van der Waals surface area contributed by atoms with Crippen molar-refractivity contribution in [2.75, 3.05) is 18.5 Å². The average molecular weight is 474 g/mol. The minimum atomic E-state index is -4.75. The van der Waals surface area contributed by atoms with Crippen LogP contribution in [-0.2, 0) is 22.1 Å². The highest BCUT2D eigenvalue weighted by molar-refractivity contribution is 5.92. The Labute approximate surface area is 193 Å². The van der Waals surface area contributed by atoms with Gasteiger partial charge in [0.05, 0.1) is 48.2 Å². The predicted molar refractivity (Wildman–Crippen MR) is 118 cm³/mol. The Morgan fingerprint density at radius 1 is 1.35 bits per heavy atom. The molecule has 1 aromatic carbocycles. The number of pyridine rings is 1. The molecule has 2 heterocycles. The second-order valence-electron chi connectivity index (χ2n) is 7.57. The molecule has 10 heteroatoms. The Hall–Kier alpha value is -3.87. The van der Waals surface area contributed by atoms with Gasteiger partial charge < -0.3 is 15.4 Å². The molecule has 2 N–H and O–H groups in total. The number of carbonyl (C=O) groups excluding carboxylic acids is 1. The first-order valence-electron chi connectivity index (χ1n) is 10.4. The van der Waals surface area contributed by atoms with Gasteiger partial charge >= 0.3 is 6.18 Å². The molecular weight excluding hydrogens is 452 g/mol. The number of ether oxygens (including phenoxy) is 1. The van der Waals surface area contributed by atoms with Crippen molar-refractivity contribution in [1.29, 1.82) is 5.26 Å². The molecule has 0 saturated carbocycles. The molecule has 0 saturated heterocycles. The number of amides is 1. The highest BCUT2D eigenvalue weighted by atomic mass is 19.4. The van der Waals surface area contributed by atoms with Crippen LogP contribution in [0.25, 0.3) is 5.57 Å². The molecule has 1 aromatic heterocycles. The molecule has 1 aliphatic heterocycles. The maximum atomic E-state index is 14.7. The molecule has 1 atom stereocenters. The fraction of sp³-hybridized carbons (Fsp3) is 0.292. The van der Waals surface area contributed by atoms with Gasteiger partial charge in [0.2, 0.25) is 5.91 Å². The summed E-state index contributed by atoms with van der Waals surface area (Å²) in [5, 5.41) is 14.3. The molecule has 0 fully saturated rings. The SMILES string of the molecule is CCOC1=CNCC(c2ccc(CC(=O)Nc3cnc(C(C)C#N)c(C(F)(F)F)c3)c(F)c2)=C1. The highest BCUT2D eigenvalue weighted by Crippen LogP contribution is 2.35. The Kier molecular flexibility index (Phi) is 7.56. The third-order valence-electron chi connectivity index (χ3n) is 5.05. The van der Waals surface area contributed by atoms with Crippen molar-refractivity contribution in [3.63, 3.8) is 0 Å². The number of allylic oxidation sites excluding steroid dienone is 1. The van der Waals surface area contributed by atoms with Crippen molar-refractivity contribution in [1.82, 2.24) is 10.3 Å². The number of hydrogen-bond acceptors (Lipinski definition) is 5. The van der Waals surface area contributed by atoms with Crippen LogP contribution in [0.15, 0.2) is 48.5 Å². The van der Waals surface area contributed by atoms with Crippen molar-refractivity contribution in [2.45, 2.75) is 32.4 Å². The lowest BCUT2D eigenvalue weighted by Gasteiger charge is -2.17. The van der Waals surface area contributed by atoms with Crippen LogP contribution in [0.3, 0.4) is 0 Å². The monoisotopic (exact) mass is 474 g/mol. The second-order valence-corrected chi connectivity index (χ2v) is 7.57. The molecule has 6 nitrogen and oxygen atoms in total. The van der Waals surface area contributed by atoms with E-state index in [2.05, 4.69) is 15.6 Å². The molecule has 0 radical (unpaired) electrons. The van der Waals surface area contributed by atoms with Crippen LogP contribution in [0.4, 0.5) is 23.2 Å². The van der Waals surface area contributed by atoms with E-state index in [0.717, 1.165) is 17.8 Å². The molecule has 1 amide bonds. The first-order chi connectivity index (χ1) is 16.1. The van der Waals surface area contributed by atoms with E-state index < -0.39 is 35.1 Å². The largest absolute Gasteiger partial charge is 0.492 e. The first kappa shape index (κ1) is 24.8. The Morgan fingerprint density at radius 2 is 2.12 bits per heavy atom. The number of hydrogen-bond donors (Lipinski definition) is 2. The van der Waals surface area contributed by atoms with E-state index >= 15 is 0 Å². The lowest BCUT2D eigenvalue weighted by molar-refractivity contribution is -0.138. The van der Waals surface area contributed by atoms with Gasteiger partial charge in [-0.3, -0.25) is 9.78 Å². The number of carbonyl (C=O) groups is 1. The molecule has 1 unspecified atom stereocenters. The normalized spacial score (nSPS) is 14.3. The van der Waals surface area contributed by atoms with Gasteiger partial charge in [-0.05, 0) is 48.8 Å². The summed E-state index contributed by atoms with van der Waals surface area (Å²) in [5.74, 6) is -1.78. The Morgan fingerprint density at radius 3 is 2.76 bits per heavy atom. The zero-order valence-corrected chi connectivity index (χ0v) is 18.5. The Balaban J connectivity index is 1.74. The number of halogens is 4. The van der Waals surface area contributed by atoms with Crippen LogP contribution in [0.5, 0.6) is 0 Å². The molecule has 34 heavy (non-hydrogen) atoms. The zero-order chi connectivity index (χ0) is 24.9. The molecule has 178 valence electrons. The summed E-state index contributed by atoms with van der Waals surface area (Å²) in [6.45, 7) is 4.11. The number of rotatable bonds is 7. The molecule has 0 aliphatic carbocycles. The number of alkyl halides is 3. The third kappa shape index (κ3) is 5.92. The average Bonchev–Trinajstić information content (AvgIpc) is 2.79. The van der Waals surface area contributed by atoms with Crippen LogP contribution < -0.4 is 10.6 Å². The number of nitrogens with one attached hydrogen (secondary N) is 2. The lowest BCUT2D eigenvalue weighted by atomic mass is 10.00. The molecular formula is C24H22F4N4O2. The van der Waals surface area contributed by atoms with E-state index in [-0.39, 0.29) is 17.7 Å². The lowest BCUT2D eigenvalue weighted by Crippen LogP contribution is -2.18. The van der Waals surface area contributed by atoms with E-state index in [9.17, 15) is 22.4 Å². The summed E-state index contributed by atoms with van der Waals surface area (Å²) < 4.78 is 60.3. The van der Waals surface area contributed by atoms with Crippen molar-refractivity contribution in [3.05, 3.63) is 76.7 Å². The number of dihydropyridines is 1. The Bertz CT molecular complexity index is 1180. The van der Waals surface area contributed by atoms with Gasteiger partial charge in [0.1, 0.15) is 11.6 Å². The molecule has 0 spiro atoms. The van der Waals surface area contributed by atoms with Crippen LogP contribution in [0.1, 0.15) is 42.1 Å². The van der Waals surface area contributed by atoms with Gasteiger partial charge in [-0.25, -0.2) is 4.39 Å². The van der Waals surface area contributed by atoms with E-state index in [1.54, 1.807) is 24.4 Å².